The lowest BCUT2D eigenvalue weighted by Gasteiger charge is -2.18. The van der Waals surface area contributed by atoms with Crippen LogP contribution in [0.25, 0.3) is 0 Å². The maximum atomic E-state index is 13.1. The first-order chi connectivity index (χ1) is 9.10. The monoisotopic (exact) mass is 389 g/mol. The minimum atomic E-state index is -0.200. The van der Waals surface area contributed by atoms with Crippen LogP contribution in [0.2, 0.25) is 5.02 Å². The lowest BCUT2D eigenvalue weighted by atomic mass is 9.99. The lowest BCUT2D eigenvalue weighted by molar-refractivity contribution is 0.582. The minimum Gasteiger partial charge on any atom is -0.313 e. The van der Waals surface area contributed by atoms with Crippen LogP contribution in [0.1, 0.15) is 17.2 Å². The van der Waals surface area contributed by atoms with Gasteiger partial charge in [0.05, 0.1) is 0 Å². The summed E-state index contributed by atoms with van der Waals surface area (Å²) in [5.41, 5.74) is 2.31. The molecule has 100 valence electrons. The molecule has 2 rings (SSSR count). The second kappa shape index (κ2) is 6.68. The van der Waals surface area contributed by atoms with Gasteiger partial charge in [-0.15, -0.1) is 0 Å². The van der Waals surface area contributed by atoms with E-state index in [4.69, 9.17) is 11.6 Å². The Bertz CT molecular complexity index is 557. The fraction of sp³-hybridized carbons (Fsp3) is 0.200. The fourth-order valence-electron chi connectivity index (χ4n) is 2.01. The summed E-state index contributed by atoms with van der Waals surface area (Å²) in [5.74, 6) is -0.200. The van der Waals surface area contributed by atoms with Gasteiger partial charge in [0.2, 0.25) is 0 Å². The molecule has 2 aromatic carbocycles. The van der Waals surface area contributed by atoms with Crippen molar-refractivity contribution >= 4 is 34.2 Å². The molecule has 0 saturated carbocycles. The SMILES string of the molecule is CNC(Cc1ccc(Cl)cc1)c1ccc(F)cc1I. The summed E-state index contributed by atoms with van der Waals surface area (Å²) < 4.78 is 14.1. The van der Waals surface area contributed by atoms with Crippen molar-refractivity contribution < 1.29 is 4.39 Å². The van der Waals surface area contributed by atoms with Crippen LogP contribution >= 0.6 is 34.2 Å². The third kappa shape index (κ3) is 3.91. The number of rotatable bonds is 4. The number of hydrogen-bond donors (Lipinski definition) is 1. The molecule has 1 N–H and O–H groups in total. The molecule has 19 heavy (non-hydrogen) atoms. The summed E-state index contributed by atoms with van der Waals surface area (Å²) in [5, 5.41) is 4.02. The van der Waals surface area contributed by atoms with Crippen LogP contribution < -0.4 is 5.32 Å². The van der Waals surface area contributed by atoms with Crippen molar-refractivity contribution in [3.05, 3.63) is 68.0 Å². The second-order valence-electron chi connectivity index (χ2n) is 4.34. The maximum absolute atomic E-state index is 13.1. The largest absolute Gasteiger partial charge is 0.313 e. The molecule has 1 nitrogen and oxygen atoms in total. The third-order valence-corrected chi connectivity index (χ3v) is 4.23. The zero-order chi connectivity index (χ0) is 13.8. The van der Waals surface area contributed by atoms with Crippen LogP contribution in [0, 0.1) is 9.39 Å². The fourth-order valence-corrected chi connectivity index (χ4v) is 2.99. The standard InChI is InChI=1S/C15H14ClFIN/c1-19-15(8-10-2-4-11(16)5-3-10)13-7-6-12(17)9-14(13)18/h2-7,9,15,19H,8H2,1H3. The molecule has 0 fully saturated rings. The smallest absolute Gasteiger partial charge is 0.124 e. The Morgan fingerprint density at radius 1 is 1.21 bits per heavy atom. The summed E-state index contributed by atoms with van der Waals surface area (Å²) in [6, 6.07) is 12.9. The molecular formula is C15H14ClFIN. The molecule has 0 heterocycles. The van der Waals surface area contributed by atoms with Gasteiger partial charge in [-0.1, -0.05) is 29.8 Å². The minimum absolute atomic E-state index is 0.161. The summed E-state index contributed by atoms with van der Waals surface area (Å²) >= 11 is 8.05. The van der Waals surface area contributed by atoms with Crippen LogP contribution in [0.4, 0.5) is 4.39 Å². The topological polar surface area (TPSA) is 12.0 Å². The molecule has 4 heteroatoms. The predicted molar refractivity (Wildman–Crippen MR) is 86.1 cm³/mol. The van der Waals surface area contributed by atoms with E-state index in [2.05, 4.69) is 27.9 Å². The van der Waals surface area contributed by atoms with Crippen LogP contribution in [0.15, 0.2) is 42.5 Å². The van der Waals surface area contributed by atoms with E-state index in [1.165, 1.54) is 11.6 Å². The van der Waals surface area contributed by atoms with Crippen LogP contribution in [-0.4, -0.2) is 7.05 Å². The molecule has 1 atom stereocenters. The average molecular weight is 390 g/mol. The highest BCUT2D eigenvalue weighted by Crippen LogP contribution is 2.24. The first-order valence-corrected chi connectivity index (χ1v) is 7.42. The maximum Gasteiger partial charge on any atom is 0.124 e. The first kappa shape index (κ1) is 14.8. The second-order valence-corrected chi connectivity index (χ2v) is 5.94. The Hall–Kier alpha value is -0.650. The number of hydrogen-bond acceptors (Lipinski definition) is 1. The molecule has 0 amide bonds. The highest BCUT2D eigenvalue weighted by atomic mass is 127. The summed E-state index contributed by atoms with van der Waals surface area (Å²) in [4.78, 5) is 0. The molecule has 1 unspecified atom stereocenters. The van der Waals surface area contributed by atoms with Gasteiger partial charge in [-0.25, -0.2) is 4.39 Å². The van der Waals surface area contributed by atoms with E-state index in [1.54, 1.807) is 6.07 Å². The van der Waals surface area contributed by atoms with Gasteiger partial charge in [-0.05, 0) is 71.5 Å². The number of benzene rings is 2. The Kier molecular flexibility index (Phi) is 5.19. The zero-order valence-electron chi connectivity index (χ0n) is 10.5. The quantitative estimate of drug-likeness (QED) is 0.754. The van der Waals surface area contributed by atoms with Gasteiger partial charge in [-0.3, -0.25) is 0 Å². The van der Waals surface area contributed by atoms with Crippen LogP contribution in [-0.2, 0) is 6.42 Å². The first-order valence-electron chi connectivity index (χ1n) is 5.97. The van der Waals surface area contributed by atoms with Crippen molar-refractivity contribution in [3.63, 3.8) is 0 Å². The molecule has 0 spiro atoms. The molecule has 0 aliphatic carbocycles. The van der Waals surface area contributed by atoms with Crippen molar-refractivity contribution in [2.75, 3.05) is 7.05 Å². The highest BCUT2D eigenvalue weighted by molar-refractivity contribution is 14.1. The number of halogens is 3. The zero-order valence-corrected chi connectivity index (χ0v) is 13.4. The van der Waals surface area contributed by atoms with Crippen molar-refractivity contribution in [2.24, 2.45) is 0 Å². The van der Waals surface area contributed by atoms with E-state index >= 15 is 0 Å². The molecule has 0 aliphatic heterocycles. The number of nitrogens with one attached hydrogen (secondary N) is 1. The molecule has 0 aromatic heterocycles. The van der Waals surface area contributed by atoms with Crippen molar-refractivity contribution in [1.29, 1.82) is 0 Å². The van der Waals surface area contributed by atoms with E-state index < -0.39 is 0 Å². The average Bonchev–Trinajstić information content (AvgIpc) is 2.39. The van der Waals surface area contributed by atoms with E-state index in [0.717, 1.165) is 20.6 Å². The Morgan fingerprint density at radius 3 is 2.47 bits per heavy atom. The predicted octanol–water partition coefficient (Wildman–Crippen LogP) is 4.59. The lowest BCUT2D eigenvalue weighted by Crippen LogP contribution is -2.20. The van der Waals surface area contributed by atoms with Crippen molar-refractivity contribution in [3.8, 4) is 0 Å². The van der Waals surface area contributed by atoms with E-state index in [1.807, 2.05) is 37.4 Å². The Labute approximate surface area is 131 Å². The molecule has 2 aromatic rings. The molecular weight excluding hydrogens is 376 g/mol. The number of likely N-dealkylation sites (N-methyl/N-ethyl adjacent to an activating group) is 1. The van der Waals surface area contributed by atoms with Gasteiger partial charge in [0.25, 0.3) is 0 Å². The molecule has 0 radical (unpaired) electrons. The molecule has 0 aliphatic rings. The Balaban J connectivity index is 2.22. The van der Waals surface area contributed by atoms with Crippen LogP contribution in [0.5, 0.6) is 0 Å². The van der Waals surface area contributed by atoms with Crippen molar-refractivity contribution in [1.82, 2.24) is 5.32 Å². The van der Waals surface area contributed by atoms with Gasteiger partial charge in [0.15, 0.2) is 0 Å². The summed E-state index contributed by atoms with van der Waals surface area (Å²) in [7, 11) is 1.92. The third-order valence-electron chi connectivity index (χ3n) is 3.04. The van der Waals surface area contributed by atoms with Gasteiger partial charge < -0.3 is 5.32 Å². The van der Waals surface area contributed by atoms with E-state index in [9.17, 15) is 4.39 Å². The van der Waals surface area contributed by atoms with Gasteiger partial charge in [0.1, 0.15) is 5.82 Å². The molecule has 0 bridgehead atoms. The van der Waals surface area contributed by atoms with E-state index in [0.29, 0.717) is 0 Å². The van der Waals surface area contributed by atoms with Gasteiger partial charge in [-0.2, -0.15) is 0 Å². The summed E-state index contributed by atoms with van der Waals surface area (Å²) in [6.07, 6.45) is 0.843. The van der Waals surface area contributed by atoms with E-state index in [-0.39, 0.29) is 11.9 Å². The molecule has 0 saturated heterocycles. The van der Waals surface area contributed by atoms with Crippen molar-refractivity contribution in [2.45, 2.75) is 12.5 Å². The van der Waals surface area contributed by atoms with Crippen LogP contribution in [0.3, 0.4) is 0 Å². The normalized spacial score (nSPS) is 12.4. The summed E-state index contributed by atoms with van der Waals surface area (Å²) in [6.45, 7) is 0. The highest BCUT2D eigenvalue weighted by Gasteiger charge is 2.13. The van der Waals surface area contributed by atoms with Gasteiger partial charge in [0, 0.05) is 14.6 Å². The van der Waals surface area contributed by atoms with Gasteiger partial charge >= 0.3 is 0 Å². The Morgan fingerprint density at radius 2 is 1.89 bits per heavy atom.